The lowest BCUT2D eigenvalue weighted by atomic mass is 10.0. The number of piperidine rings is 1. The van der Waals surface area contributed by atoms with Crippen molar-refractivity contribution < 1.29 is 4.74 Å². The topological polar surface area (TPSA) is 54.4 Å². The van der Waals surface area contributed by atoms with Crippen molar-refractivity contribution in [3.8, 4) is 6.01 Å². The van der Waals surface area contributed by atoms with E-state index >= 15 is 0 Å². The molecule has 2 saturated heterocycles. The molecule has 0 N–H and O–H groups in total. The molecule has 0 aromatic carbocycles. The second kappa shape index (κ2) is 6.75. The van der Waals surface area contributed by atoms with E-state index in [4.69, 9.17) is 16.3 Å². The van der Waals surface area contributed by atoms with E-state index in [1.165, 1.54) is 25.7 Å². The molecule has 6 nitrogen and oxygen atoms in total. The van der Waals surface area contributed by atoms with Crippen LogP contribution in [0.1, 0.15) is 32.1 Å². The molecule has 2 fully saturated rings. The van der Waals surface area contributed by atoms with E-state index in [1.807, 2.05) is 0 Å². The van der Waals surface area contributed by atoms with E-state index in [2.05, 4.69) is 31.8 Å². The van der Waals surface area contributed by atoms with Crippen LogP contribution < -0.4 is 9.64 Å². The maximum atomic E-state index is 6.00. The zero-order valence-corrected chi connectivity index (χ0v) is 13.2. The third-order valence-electron chi connectivity index (χ3n) is 4.29. The van der Waals surface area contributed by atoms with Crippen LogP contribution in [-0.4, -0.2) is 59.2 Å². The molecule has 1 unspecified atom stereocenters. The summed E-state index contributed by atoms with van der Waals surface area (Å²) in [5, 5.41) is 0.207. The Labute approximate surface area is 130 Å². The van der Waals surface area contributed by atoms with Crippen molar-refractivity contribution in [1.82, 2.24) is 19.9 Å². The summed E-state index contributed by atoms with van der Waals surface area (Å²) < 4.78 is 5.78. The Balaban J connectivity index is 1.64. The standard InChI is InChI=1S/C14H22ClN5O/c1-19-7-3-2-6-11(19)10-21-14-17-12(15)16-13(18-14)20-8-4-5-9-20/h11H,2-10H2,1H3. The van der Waals surface area contributed by atoms with E-state index < -0.39 is 0 Å². The lowest BCUT2D eigenvalue weighted by Gasteiger charge is -2.31. The first-order chi connectivity index (χ1) is 10.2. The molecule has 21 heavy (non-hydrogen) atoms. The molecule has 1 aromatic rings. The molecule has 2 aliphatic heterocycles. The summed E-state index contributed by atoms with van der Waals surface area (Å²) in [7, 11) is 2.14. The van der Waals surface area contributed by atoms with Gasteiger partial charge in [0.15, 0.2) is 0 Å². The molecular formula is C14H22ClN5O. The minimum absolute atomic E-state index is 0.207. The van der Waals surface area contributed by atoms with E-state index in [9.17, 15) is 0 Å². The summed E-state index contributed by atoms with van der Waals surface area (Å²) in [6, 6.07) is 0.778. The Kier molecular flexibility index (Phi) is 4.75. The first-order valence-electron chi connectivity index (χ1n) is 7.72. The maximum absolute atomic E-state index is 6.00. The Bertz CT molecular complexity index is 480. The molecule has 116 valence electrons. The molecule has 3 rings (SSSR count). The van der Waals surface area contributed by atoms with Crippen LogP contribution in [0.15, 0.2) is 0 Å². The number of hydrogen-bond donors (Lipinski definition) is 0. The number of rotatable bonds is 4. The van der Waals surface area contributed by atoms with Crippen molar-refractivity contribution >= 4 is 17.5 Å². The molecule has 0 radical (unpaired) electrons. The van der Waals surface area contributed by atoms with Gasteiger partial charge >= 0.3 is 6.01 Å². The molecule has 1 atom stereocenters. The third kappa shape index (κ3) is 3.74. The zero-order valence-electron chi connectivity index (χ0n) is 12.5. The summed E-state index contributed by atoms with van der Waals surface area (Å²) in [6.07, 6.45) is 6.03. The molecule has 0 saturated carbocycles. The largest absolute Gasteiger partial charge is 0.462 e. The van der Waals surface area contributed by atoms with Crippen molar-refractivity contribution in [2.75, 3.05) is 38.2 Å². The zero-order chi connectivity index (χ0) is 14.7. The highest BCUT2D eigenvalue weighted by Crippen LogP contribution is 2.20. The molecule has 1 aromatic heterocycles. The highest BCUT2D eigenvalue weighted by atomic mass is 35.5. The second-order valence-electron chi connectivity index (χ2n) is 5.82. The average molecular weight is 312 g/mol. The Morgan fingerprint density at radius 2 is 1.86 bits per heavy atom. The number of anilines is 1. The number of nitrogens with zero attached hydrogens (tertiary/aromatic N) is 5. The molecule has 3 heterocycles. The van der Waals surface area contributed by atoms with Crippen molar-refractivity contribution in [3.63, 3.8) is 0 Å². The SMILES string of the molecule is CN1CCCCC1COc1nc(Cl)nc(N2CCCC2)n1. The van der Waals surface area contributed by atoms with Crippen LogP contribution >= 0.6 is 11.6 Å². The van der Waals surface area contributed by atoms with E-state index in [-0.39, 0.29) is 5.28 Å². The van der Waals surface area contributed by atoms with Crippen LogP contribution in [0.5, 0.6) is 6.01 Å². The fourth-order valence-corrected chi connectivity index (χ4v) is 3.12. The summed E-state index contributed by atoms with van der Waals surface area (Å²) in [6.45, 7) is 3.69. The van der Waals surface area contributed by atoms with Crippen LogP contribution in [0.4, 0.5) is 5.95 Å². The van der Waals surface area contributed by atoms with Gasteiger partial charge in [0.05, 0.1) is 0 Å². The van der Waals surface area contributed by atoms with Crippen LogP contribution in [0.25, 0.3) is 0 Å². The van der Waals surface area contributed by atoms with Gasteiger partial charge in [-0.1, -0.05) is 6.42 Å². The van der Waals surface area contributed by atoms with Gasteiger partial charge in [-0.25, -0.2) is 0 Å². The van der Waals surface area contributed by atoms with Gasteiger partial charge in [-0.3, -0.25) is 0 Å². The van der Waals surface area contributed by atoms with Crippen molar-refractivity contribution in [1.29, 1.82) is 0 Å². The minimum atomic E-state index is 0.207. The molecule has 0 amide bonds. The lowest BCUT2D eigenvalue weighted by molar-refractivity contribution is 0.119. The van der Waals surface area contributed by atoms with Gasteiger partial charge in [-0.05, 0) is 50.9 Å². The van der Waals surface area contributed by atoms with Gasteiger partial charge in [-0.15, -0.1) is 0 Å². The van der Waals surface area contributed by atoms with Gasteiger partial charge in [0.2, 0.25) is 11.2 Å². The first-order valence-corrected chi connectivity index (χ1v) is 8.10. The quantitative estimate of drug-likeness (QED) is 0.847. The van der Waals surface area contributed by atoms with Crippen LogP contribution in [-0.2, 0) is 0 Å². The highest BCUT2D eigenvalue weighted by Gasteiger charge is 2.21. The summed E-state index contributed by atoms with van der Waals surface area (Å²) >= 11 is 6.00. The predicted molar refractivity (Wildman–Crippen MR) is 82.0 cm³/mol. The van der Waals surface area contributed by atoms with Crippen molar-refractivity contribution in [3.05, 3.63) is 5.28 Å². The fraction of sp³-hybridized carbons (Fsp3) is 0.786. The number of ether oxygens (including phenoxy) is 1. The number of likely N-dealkylation sites (tertiary alicyclic amines) is 1. The van der Waals surface area contributed by atoms with E-state index in [1.54, 1.807) is 0 Å². The molecule has 0 aliphatic carbocycles. The molecule has 2 aliphatic rings. The molecule has 7 heteroatoms. The minimum Gasteiger partial charge on any atom is -0.462 e. The van der Waals surface area contributed by atoms with Gasteiger partial charge < -0.3 is 14.5 Å². The second-order valence-corrected chi connectivity index (χ2v) is 6.16. The lowest BCUT2D eigenvalue weighted by Crippen LogP contribution is -2.40. The van der Waals surface area contributed by atoms with Gasteiger partial charge in [0, 0.05) is 19.1 Å². The Hall–Kier alpha value is -1.14. The summed E-state index contributed by atoms with van der Waals surface area (Å²) in [5.74, 6) is 0.638. The average Bonchev–Trinajstić information content (AvgIpc) is 3.00. The Morgan fingerprint density at radius 3 is 2.62 bits per heavy atom. The van der Waals surface area contributed by atoms with Gasteiger partial charge in [-0.2, -0.15) is 15.0 Å². The monoisotopic (exact) mass is 311 g/mol. The first kappa shape index (κ1) is 14.8. The number of hydrogen-bond acceptors (Lipinski definition) is 6. The van der Waals surface area contributed by atoms with E-state index in [0.717, 1.165) is 26.1 Å². The predicted octanol–water partition coefficient (Wildman–Crippen LogP) is 1.99. The summed E-state index contributed by atoms with van der Waals surface area (Å²) in [5.41, 5.74) is 0. The van der Waals surface area contributed by atoms with Crippen molar-refractivity contribution in [2.24, 2.45) is 0 Å². The highest BCUT2D eigenvalue weighted by molar-refractivity contribution is 6.28. The number of halogens is 1. The Morgan fingerprint density at radius 1 is 1.10 bits per heavy atom. The molecule has 0 spiro atoms. The smallest absolute Gasteiger partial charge is 0.322 e. The fourth-order valence-electron chi connectivity index (χ4n) is 2.97. The molecule has 0 bridgehead atoms. The maximum Gasteiger partial charge on any atom is 0.322 e. The van der Waals surface area contributed by atoms with Crippen LogP contribution in [0, 0.1) is 0 Å². The van der Waals surface area contributed by atoms with Crippen molar-refractivity contribution in [2.45, 2.75) is 38.1 Å². The third-order valence-corrected chi connectivity index (χ3v) is 4.46. The van der Waals surface area contributed by atoms with Gasteiger partial charge in [0.1, 0.15) is 6.61 Å². The summed E-state index contributed by atoms with van der Waals surface area (Å²) in [4.78, 5) is 17.2. The van der Waals surface area contributed by atoms with Gasteiger partial charge in [0.25, 0.3) is 0 Å². The number of aromatic nitrogens is 3. The molecular weight excluding hydrogens is 290 g/mol. The van der Waals surface area contributed by atoms with E-state index in [0.29, 0.717) is 24.6 Å². The van der Waals surface area contributed by atoms with Crippen LogP contribution in [0.3, 0.4) is 0 Å². The van der Waals surface area contributed by atoms with Crippen LogP contribution in [0.2, 0.25) is 5.28 Å². The normalized spacial score (nSPS) is 23.5. The number of likely N-dealkylation sites (N-methyl/N-ethyl adjacent to an activating group) is 1.